The zero-order valence-corrected chi connectivity index (χ0v) is 14.4. The second-order valence-electron chi connectivity index (χ2n) is 5.48. The molecule has 128 valence electrons. The van der Waals surface area contributed by atoms with Crippen molar-refractivity contribution in [3.63, 3.8) is 0 Å². The van der Waals surface area contributed by atoms with Crippen LogP contribution in [0.5, 0.6) is 5.75 Å². The maximum absolute atomic E-state index is 12.5. The Morgan fingerprint density at radius 3 is 2.30 bits per heavy atom. The van der Waals surface area contributed by atoms with Crippen LogP contribution in [0.3, 0.4) is 0 Å². The standard InChI is InChI=1S/C15H22N2O5S/c1-12(15(18)16(2)3)22-13-4-6-14(7-5-13)23(19,20)17-8-10-21-11-9-17/h4-7,12H,8-11H2,1-3H3/t12-/m1/s1. The molecule has 1 aliphatic rings. The third-order valence-corrected chi connectivity index (χ3v) is 5.45. The van der Waals surface area contributed by atoms with Gasteiger partial charge in [-0.25, -0.2) is 8.42 Å². The van der Waals surface area contributed by atoms with Gasteiger partial charge in [0.15, 0.2) is 6.10 Å². The van der Waals surface area contributed by atoms with E-state index in [9.17, 15) is 13.2 Å². The Bertz CT molecular complexity index is 636. The van der Waals surface area contributed by atoms with Gasteiger partial charge in [-0.15, -0.1) is 0 Å². The molecule has 0 bridgehead atoms. The molecule has 0 radical (unpaired) electrons. The molecule has 1 fully saturated rings. The van der Waals surface area contributed by atoms with Gasteiger partial charge in [-0.05, 0) is 31.2 Å². The molecule has 1 amide bonds. The van der Waals surface area contributed by atoms with Gasteiger partial charge in [-0.1, -0.05) is 0 Å². The van der Waals surface area contributed by atoms with Crippen molar-refractivity contribution in [2.24, 2.45) is 0 Å². The van der Waals surface area contributed by atoms with Crippen molar-refractivity contribution in [2.75, 3.05) is 40.4 Å². The lowest BCUT2D eigenvalue weighted by Gasteiger charge is -2.26. The fourth-order valence-electron chi connectivity index (χ4n) is 2.24. The molecular formula is C15H22N2O5S. The van der Waals surface area contributed by atoms with Crippen LogP contribution in [0, 0.1) is 0 Å². The highest BCUT2D eigenvalue weighted by Crippen LogP contribution is 2.21. The number of ether oxygens (including phenoxy) is 2. The summed E-state index contributed by atoms with van der Waals surface area (Å²) in [5, 5.41) is 0. The van der Waals surface area contributed by atoms with E-state index in [0.717, 1.165) is 0 Å². The Balaban J connectivity index is 2.08. The fraction of sp³-hybridized carbons (Fsp3) is 0.533. The molecule has 0 aromatic heterocycles. The highest BCUT2D eigenvalue weighted by molar-refractivity contribution is 7.89. The topological polar surface area (TPSA) is 76.1 Å². The van der Waals surface area contributed by atoms with Crippen molar-refractivity contribution in [1.29, 1.82) is 0 Å². The van der Waals surface area contributed by atoms with Crippen molar-refractivity contribution in [1.82, 2.24) is 9.21 Å². The summed E-state index contributed by atoms with van der Waals surface area (Å²) in [6.07, 6.45) is -0.633. The molecule has 0 spiro atoms. The first kappa shape index (κ1) is 17.7. The predicted octanol–water partition coefficient (Wildman–Crippen LogP) is 0.563. The Kier molecular flexibility index (Phi) is 5.61. The summed E-state index contributed by atoms with van der Waals surface area (Å²) in [6.45, 7) is 3.18. The van der Waals surface area contributed by atoms with Crippen LogP contribution in [0.25, 0.3) is 0 Å². The van der Waals surface area contributed by atoms with E-state index >= 15 is 0 Å². The van der Waals surface area contributed by atoms with Gasteiger partial charge in [-0.2, -0.15) is 4.31 Å². The number of hydrogen-bond donors (Lipinski definition) is 0. The summed E-state index contributed by atoms with van der Waals surface area (Å²) >= 11 is 0. The van der Waals surface area contributed by atoms with Gasteiger partial charge in [0.2, 0.25) is 10.0 Å². The van der Waals surface area contributed by atoms with Crippen LogP contribution in [0.2, 0.25) is 0 Å². The average Bonchev–Trinajstić information content (AvgIpc) is 2.55. The molecule has 7 nitrogen and oxygen atoms in total. The van der Waals surface area contributed by atoms with Crippen LogP contribution < -0.4 is 4.74 Å². The van der Waals surface area contributed by atoms with E-state index in [1.54, 1.807) is 33.2 Å². The Morgan fingerprint density at radius 2 is 1.78 bits per heavy atom. The predicted molar refractivity (Wildman–Crippen MR) is 84.8 cm³/mol. The number of morpholine rings is 1. The van der Waals surface area contributed by atoms with E-state index in [2.05, 4.69) is 0 Å². The molecule has 1 saturated heterocycles. The molecule has 1 aromatic rings. The van der Waals surface area contributed by atoms with Crippen LogP contribution >= 0.6 is 0 Å². The SMILES string of the molecule is C[C@@H](Oc1ccc(S(=O)(=O)N2CCOCC2)cc1)C(=O)N(C)C. The number of benzene rings is 1. The van der Waals surface area contributed by atoms with Gasteiger partial charge in [0.05, 0.1) is 18.1 Å². The minimum atomic E-state index is -3.51. The molecule has 1 aromatic carbocycles. The monoisotopic (exact) mass is 342 g/mol. The largest absolute Gasteiger partial charge is 0.481 e. The second kappa shape index (κ2) is 7.29. The maximum Gasteiger partial charge on any atom is 0.262 e. The quantitative estimate of drug-likeness (QED) is 0.782. The van der Waals surface area contributed by atoms with E-state index in [1.165, 1.54) is 21.3 Å². The second-order valence-corrected chi connectivity index (χ2v) is 7.42. The first-order valence-electron chi connectivity index (χ1n) is 7.38. The van der Waals surface area contributed by atoms with Crippen LogP contribution in [0.1, 0.15) is 6.92 Å². The minimum Gasteiger partial charge on any atom is -0.481 e. The molecule has 2 rings (SSSR count). The van der Waals surface area contributed by atoms with Crippen molar-refractivity contribution < 1.29 is 22.7 Å². The molecule has 0 saturated carbocycles. The van der Waals surface area contributed by atoms with Crippen molar-refractivity contribution in [3.8, 4) is 5.75 Å². The Labute approximate surface area is 136 Å². The first-order valence-corrected chi connectivity index (χ1v) is 8.82. The van der Waals surface area contributed by atoms with Crippen LogP contribution in [-0.2, 0) is 19.6 Å². The first-order chi connectivity index (χ1) is 10.8. The zero-order valence-electron chi connectivity index (χ0n) is 13.6. The van der Waals surface area contributed by atoms with Crippen LogP contribution in [0.4, 0.5) is 0 Å². The molecule has 1 aliphatic heterocycles. The van der Waals surface area contributed by atoms with E-state index in [1.807, 2.05) is 0 Å². The summed E-state index contributed by atoms with van der Waals surface area (Å²) in [4.78, 5) is 13.4. The lowest BCUT2D eigenvalue weighted by atomic mass is 10.3. The van der Waals surface area contributed by atoms with Crippen molar-refractivity contribution >= 4 is 15.9 Å². The Morgan fingerprint density at radius 1 is 1.22 bits per heavy atom. The number of likely N-dealkylation sites (N-methyl/N-ethyl adjacent to an activating group) is 1. The van der Waals surface area contributed by atoms with Gasteiger partial charge in [0, 0.05) is 27.2 Å². The van der Waals surface area contributed by atoms with E-state index in [-0.39, 0.29) is 10.8 Å². The van der Waals surface area contributed by atoms with Gasteiger partial charge < -0.3 is 14.4 Å². The number of carbonyl (C=O) groups is 1. The van der Waals surface area contributed by atoms with Gasteiger partial charge in [0.1, 0.15) is 5.75 Å². The third kappa shape index (κ3) is 4.21. The number of hydrogen-bond acceptors (Lipinski definition) is 5. The highest BCUT2D eigenvalue weighted by Gasteiger charge is 2.26. The van der Waals surface area contributed by atoms with Gasteiger partial charge in [0.25, 0.3) is 5.91 Å². The van der Waals surface area contributed by atoms with E-state index < -0.39 is 16.1 Å². The number of sulfonamides is 1. The molecule has 0 aliphatic carbocycles. The van der Waals surface area contributed by atoms with Crippen LogP contribution in [0.15, 0.2) is 29.2 Å². The van der Waals surface area contributed by atoms with E-state index in [4.69, 9.17) is 9.47 Å². The number of rotatable bonds is 5. The number of nitrogens with zero attached hydrogens (tertiary/aromatic N) is 2. The van der Waals surface area contributed by atoms with Crippen molar-refractivity contribution in [2.45, 2.75) is 17.9 Å². The minimum absolute atomic E-state index is 0.157. The fourth-order valence-corrected chi connectivity index (χ4v) is 3.65. The molecule has 0 N–H and O–H groups in total. The normalized spacial score (nSPS) is 17.5. The lowest BCUT2D eigenvalue weighted by Crippen LogP contribution is -2.40. The lowest BCUT2D eigenvalue weighted by molar-refractivity contribution is -0.135. The average molecular weight is 342 g/mol. The molecule has 0 unspecified atom stereocenters. The van der Waals surface area contributed by atoms with E-state index in [0.29, 0.717) is 32.1 Å². The van der Waals surface area contributed by atoms with Crippen molar-refractivity contribution in [3.05, 3.63) is 24.3 Å². The molecular weight excluding hydrogens is 320 g/mol. The van der Waals surface area contributed by atoms with Gasteiger partial charge >= 0.3 is 0 Å². The summed E-state index contributed by atoms with van der Waals surface area (Å²) in [5.74, 6) is 0.295. The third-order valence-electron chi connectivity index (χ3n) is 3.53. The Hall–Kier alpha value is -1.64. The van der Waals surface area contributed by atoms with Crippen LogP contribution in [-0.4, -0.2) is 70.0 Å². The summed E-state index contributed by atoms with van der Waals surface area (Å²) in [6, 6.07) is 6.11. The highest BCUT2D eigenvalue weighted by atomic mass is 32.2. The summed E-state index contributed by atoms with van der Waals surface area (Å²) < 4.78 is 37.1. The summed E-state index contributed by atoms with van der Waals surface area (Å²) in [7, 11) is -0.208. The number of carbonyl (C=O) groups excluding carboxylic acids is 1. The molecule has 23 heavy (non-hydrogen) atoms. The zero-order chi connectivity index (χ0) is 17.0. The number of amides is 1. The molecule has 1 atom stereocenters. The summed E-state index contributed by atoms with van der Waals surface area (Å²) in [5.41, 5.74) is 0. The maximum atomic E-state index is 12.5. The van der Waals surface area contributed by atoms with Gasteiger partial charge in [-0.3, -0.25) is 4.79 Å². The smallest absolute Gasteiger partial charge is 0.262 e. The molecule has 8 heteroatoms. The molecule has 1 heterocycles.